The summed E-state index contributed by atoms with van der Waals surface area (Å²) in [4.78, 5) is 12.5. The molecule has 0 fully saturated rings. The largest absolute Gasteiger partial charge is 0.497 e. The van der Waals surface area contributed by atoms with Crippen LogP contribution in [0.2, 0.25) is 0 Å². The minimum absolute atomic E-state index is 0.0769. The molecule has 0 saturated heterocycles. The van der Waals surface area contributed by atoms with Crippen molar-refractivity contribution in [2.24, 2.45) is 0 Å². The molecule has 0 spiro atoms. The Kier molecular flexibility index (Phi) is 5.99. The quantitative estimate of drug-likeness (QED) is 0.434. The minimum atomic E-state index is -0.0769. The molecule has 0 atom stereocenters. The van der Waals surface area contributed by atoms with E-state index in [-0.39, 0.29) is 11.7 Å². The van der Waals surface area contributed by atoms with Crippen LogP contribution in [0.15, 0.2) is 71.9 Å². The first kappa shape index (κ1) is 20.0. The second-order valence-electron chi connectivity index (χ2n) is 6.68. The number of anilines is 1. The van der Waals surface area contributed by atoms with Gasteiger partial charge in [-0.2, -0.15) is 0 Å². The highest BCUT2D eigenvalue weighted by Crippen LogP contribution is 2.26. The van der Waals surface area contributed by atoms with Gasteiger partial charge >= 0.3 is 0 Å². The van der Waals surface area contributed by atoms with E-state index >= 15 is 0 Å². The molecule has 152 valence electrons. The van der Waals surface area contributed by atoms with E-state index in [9.17, 15) is 4.79 Å². The Morgan fingerprint density at radius 1 is 1.03 bits per heavy atom. The molecule has 0 aliphatic heterocycles. The molecule has 1 N–H and O–H groups in total. The summed E-state index contributed by atoms with van der Waals surface area (Å²) in [5, 5.41) is 14.5. The van der Waals surface area contributed by atoms with Crippen molar-refractivity contribution in [2.45, 2.75) is 18.6 Å². The van der Waals surface area contributed by atoms with Gasteiger partial charge in [0.2, 0.25) is 5.91 Å². The number of carbonyl (C=O) groups is 1. The molecule has 7 heteroatoms. The van der Waals surface area contributed by atoms with E-state index in [0.717, 1.165) is 38.8 Å². The molecule has 0 aliphatic rings. The molecule has 1 amide bonds. The molecule has 0 radical (unpaired) electrons. The van der Waals surface area contributed by atoms with Crippen molar-refractivity contribution in [2.75, 3.05) is 18.2 Å². The highest BCUT2D eigenvalue weighted by Gasteiger charge is 2.15. The van der Waals surface area contributed by atoms with Crippen molar-refractivity contribution in [3.8, 4) is 17.1 Å². The number of hydrogen-bond donors (Lipinski definition) is 1. The van der Waals surface area contributed by atoms with Crippen molar-refractivity contribution in [3.63, 3.8) is 0 Å². The number of thioether (sulfide) groups is 1. The second kappa shape index (κ2) is 9.00. The summed E-state index contributed by atoms with van der Waals surface area (Å²) >= 11 is 1.38. The van der Waals surface area contributed by atoms with Crippen LogP contribution >= 0.6 is 11.8 Å². The Hall–Kier alpha value is -3.32. The summed E-state index contributed by atoms with van der Waals surface area (Å²) in [6.07, 6.45) is 0. The van der Waals surface area contributed by atoms with E-state index in [1.807, 2.05) is 72.2 Å². The summed E-state index contributed by atoms with van der Waals surface area (Å²) in [6, 6.07) is 21.7. The maximum atomic E-state index is 12.5. The fourth-order valence-corrected chi connectivity index (χ4v) is 4.03. The summed E-state index contributed by atoms with van der Waals surface area (Å²) < 4.78 is 7.22. The number of ether oxygens (including phenoxy) is 1. The van der Waals surface area contributed by atoms with Crippen LogP contribution in [-0.2, 0) is 11.3 Å². The normalized spacial score (nSPS) is 10.9. The Morgan fingerprint density at radius 2 is 1.80 bits per heavy atom. The molecule has 1 heterocycles. The van der Waals surface area contributed by atoms with Crippen molar-refractivity contribution < 1.29 is 9.53 Å². The summed E-state index contributed by atoms with van der Waals surface area (Å²) in [6.45, 7) is 2.75. The van der Waals surface area contributed by atoms with E-state index < -0.39 is 0 Å². The van der Waals surface area contributed by atoms with Gasteiger partial charge in [-0.05, 0) is 54.1 Å². The number of fused-ring (bicyclic) bond motifs is 1. The average molecular weight is 419 g/mol. The molecule has 4 rings (SSSR count). The van der Waals surface area contributed by atoms with Gasteiger partial charge in [0.25, 0.3) is 0 Å². The van der Waals surface area contributed by atoms with E-state index in [1.54, 1.807) is 7.11 Å². The highest BCUT2D eigenvalue weighted by molar-refractivity contribution is 7.99. The van der Waals surface area contributed by atoms with Gasteiger partial charge in [0.1, 0.15) is 5.75 Å². The Balaban J connectivity index is 1.43. The lowest BCUT2D eigenvalue weighted by molar-refractivity contribution is -0.113. The van der Waals surface area contributed by atoms with Crippen LogP contribution in [-0.4, -0.2) is 33.5 Å². The molecular weight excluding hydrogens is 396 g/mol. The van der Waals surface area contributed by atoms with Gasteiger partial charge < -0.3 is 14.6 Å². The molecule has 6 nitrogen and oxygen atoms in total. The molecule has 30 heavy (non-hydrogen) atoms. The number of hydrogen-bond acceptors (Lipinski definition) is 5. The van der Waals surface area contributed by atoms with Crippen molar-refractivity contribution in [1.29, 1.82) is 0 Å². The van der Waals surface area contributed by atoms with Gasteiger partial charge in [-0.1, -0.05) is 42.1 Å². The summed E-state index contributed by atoms with van der Waals surface area (Å²) in [5.74, 6) is 1.75. The smallest absolute Gasteiger partial charge is 0.234 e. The number of nitrogens with zero attached hydrogens (tertiary/aromatic N) is 3. The Morgan fingerprint density at radius 3 is 2.53 bits per heavy atom. The predicted octanol–water partition coefficient (Wildman–Crippen LogP) is 4.86. The number of benzene rings is 3. The molecule has 0 bridgehead atoms. The van der Waals surface area contributed by atoms with Gasteiger partial charge in [-0.3, -0.25) is 4.79 Å². The van der Waals surface area contributed by atoms with Crippen LogP contribution in [0, 0.1) is 0 Å². The van der Waals surface area contributed by atoms with Crippen molar-refractivity contribution in [3.05, 3.63) is 66.7 Å². The van der Waals surface area contributed by atoms with Crippen LogP contribution in [0.3, 0.4) is 0 Å². The van der Waals surface area contributed by atoms with Gasteiger partial charge in [0.15, 0.2) is 11.0 Å². The van der Waals surface area contributed by atoms with Crippen LogP contribution in [0.1, 0.15) is 6.92 Å². The number of nitrogens with one attached hydrogen (secondary N) is 1. The molecule has 3 aromatic carbocycles. The first-order valence-electron chi connectivity index (χ1n) is 9.67. The van der Waals surface area contributed by atoms with Gasteiger partial charge in [-0.25, -0.2) is 0 Å². The maximum absolute atomic E-state index is 12.5. The zero-order valence-electron chi connectivity index (χ0n) is 16.8. The van der Waals surface area contributed by atoms with Gasteiger partial charge in [-0.15, -0.1) is 10.2 Å². The predicted molar refractivity (Wildman–Crippen MR) is 121 cm³/mol. The Bertz CT molecular complexity index is 1170. The molecular formula is C23H22N4O2S. The highest BCUT2D eigenvalue weighted by atomic mass is 32.2. The number of rotatable bonds is 7. The van der Waals surface area contributed by atoms with Gasteiger partial charge in [0.05, 0.1) is 12.9 Å². The zero-order valence-corrected chi connectivity index (χ0v) is 17.6. The summed E-state index contributed by atoms with van der Waals surface area (Å²) in [7, 11) is 1.64. The third-order valence-electron chi connectivity index (χ3n) is 4.75. The van der Waals surface area contributed by atoms with Crippen LogP contribution in [0.5, 0.6) is 5.75 Å². The lowest BCUT2D eigenvalue weighted by Crippen LogP contribution is -2.14. The lowest BCUT2D eigenvalue weighted by atomic mass is 10.1. The van der Waals surface area contributed by atoms with Gasteiger partial charge in [0, 0.05) is 17.8 Å². The lowest BCUT2D eigenvalue weighted by Gasteiger charge is -2.09. The van der Waals surface area contributed by atoms with Crippen LogP contribution in [0.4, 0.5) is 5.69 Å². The zero-order chi connectivity index (χ0) is 20.9. The first-order valence-corrected chi connectivity index (χ1v) is 10.7. The Labute approximate surface area is 179 Å². The van der Waals surface area contributed by atoms with Crippen LogP contribution < -0.4 is 10.1 Å². The number of aromatic nitrogens is 3. The third kappa shape index (κ3) is 4.31. The fourth-order valence-electron chi connectivity index (χ4n) is 3.23. The topological polar surface area (TPSA) is 69.0 Å². The average Bonchev–Trinajstić information content (AvgIpc) is 3.20. The van der Waals surface area contributed by atoms with E-state index in [1.165, 1.54) is 11.8 Å². The van der Waals surface area contributed by atoms with E-state index in [4.69, 9.17) is 4.74 Å². The van der Waals surface area contributed by atoms with E-state index in [0.29, 0.717) is 6.54 Å². The van der Waals surface area contributed by atoms with Crippen LogP contribution in [0.25, 0.3) is 22.2 Å². The fraction of sp³-hybridized carbons (Fsp3) is 0.174. The molecule has 0 saturated carbocycles. The van der Waals surface area contributed by atoms with Crippen molar-refractivity contribution in [1.82, 2.24) is 14.8 Å². The monoisotopic (exact) mass is 418 g/mol. The first-order chi connectivity index (χ1) is 14.7. The molecule has 1 aromatic heterocycles. The second-order valence-corrected chi connectivity index (χ2v) is 7.62. The molecule has 0 unspecified atom stereocenters. The minimum Gasteiger partial charge on any atom is -0.497 e. The SMILES string of the molecule is CCn1c(SCC(=O)Nc2ccc3ccccc3c2)nnc1-c1ccc(OC)cc1. The standard InChI is InChI=1S/C23H22N4O2S/c1-3-27-22(17-9-12-20(29-2)13-10-17)25-26-23(27)30-15-21(28)24-19-11-8-16-6-4-5-7-18(16)14-19/h4-14H,3,15H2,1-2H3,(H,24,28). The van der Waals surface area contributed by atoms with Crippen molar-refractivity contribution >= 4 is 34.1 Å². The molecule has 4 aromatic rings. The summed E-state index contributed by atoms with van der Waals surface area (Å²) in [5.41, 5.74) is 1.74. The number of amides is 1. The number of carbonyl (C=O) groups excluding carboxylic acids is 1. The maximum Gasteiger partial charge on any atom is 0.234 e. The van der Waals surface area contributed by atoms with E-state index in [2.05, 4.69) is 21.6 Å². The molecule has 0 aliphatic carbocycles. The third-order valence-corrected chi connectivity index (χ3v) is 5.71. The number of methoxy groups -OCH3 is 1.